The van der Waals surface area contributed by atoms with E-state index < -0.39 is 74.6 Å². The summed E-state index contributed by atoms with van der Waals surface area (Å²) < 4.78 is 15.3. The summed E-state index contributed by atoms with van der Waals surface area (Å²) in [7, 11) is 0. The Hall–Kier alpha value is -0.440. The standard InChI is InChI=1S/C12H22O11/c13-1-3-5(15)6(16)9(19)12(22-3)23-10-4(2-14)21-11(20)8(18)7(10)17/h3-20H,1-2H2/t3-,4-,5+,6+,7-,8-,9+,10+,11+,12-/m0/s1. The molecule has 11 heteroatoms. The first kappa shape index (κ1) is 18.9. The number of hydrogen-bond donors (Lipinski definition) is 8. The molecule has 0 aliphatic carbocycles. The summed E-state index contributed by atoms with van der Waals surface area (Å²) in [4.78, 5) is 0. The Morgan fingerprint density at radius 1 is 0.652 bits per heavy atom. The quantitative estimate of drug-likeness (QED) is 0.243. The van der Waals surface area contributed by atoms with Crippen molar-refractivity contribution in [3.63, 3.8) is 0 Å². The van der Waals surface area contributed by atoms with Crippen LogP contribution in [0.2, 0.25) is 0 Å². The zero-order valence-corrected chi connectivity index (χ0v) is 12.0. The Morgan fingerprint density at radius 2 is 1.26 bits per heavy atom. The minimum absolute atomic E-state index is 0.667. The smallest absolute Gasteiger partial charge is 0.187 e. The van der Waals surface area contributed by atoms with Crippen molar-refractivity contribution in [1.29, 1.82) is 0 Å². The fourth-order valence-electron chi connectivity index (χ4n) is 2.57. The molecule has 0 saturated carbocycles. The van der Waals surface area contributed by atoms with Gasteiger partial charge in [0.05, 0.1) is 13.2 Å². The van der Waals surface area contributed by atoms with Crippen molar-refractivity contribution in [2.75, 3.05) is 13.2 Å². The highest BCUT2D eigenvalue weighted by Gasteiger charge is 2.50. The highest BCUT2D eigenvalue weighted by molar-refractivity contribution is 4.93. The normalized spacial score (nSPS) is 51.7. The molecule has 2 fully saturated rings. The molecule has 23 heavy (non-hydrogen) atoms. The van der Waals surface area contributed by atoms with Crippen LogP contribution >= 0.6 is 0 Å². The summed E-state index contributed by atoms with van der Waals surface area (Å²) in [6, 6.07) is 0. The van der Waals surface area contributed by atoms with E-state index in [9.17, 15) is 35.7 Å². The molecule has 2 rings (SSSR count). The maximum absolute atomic E-state index is 9.94. The molecule has 136 valence electrons. The van der Waals surface area contributed by atoms with E-state index in [-0.39, 0.29) is 0 Å². The Bertz CT molecular complexity index is 378. The molecule has 0 radical (unpaired) electrons. The van der Waals surface area contributed by atoms with Gasteiger partial charge in [0.25, 0.3) is 0 Å². The molecule has 0 unspecified atom stereocenters. The van der Waals surface area contributed by atoms with Crippen molar-refractivity contribution in [3.8, 4) is 0 Å². The van der Waals surface area contributed by atoms with Crippen molar-refractivity contribution < 1.29 is 55.1 Å². The second-order valence-corrected chi connectivity index (χ2v) is 5.53. The van der Waals surface area contributed by atoms with Crippen molar-refractivity contribution >= 4 is 0 Å². The predicted octanol–water partition coefficient (Wildman–Crippen LogP) is -5.40. The van der Waals surface area contributed by atoms with Gasteiger partial charge in [0.2, 0.25) is 0 Å². The lowest BCUT2D eigenvalue weighted by Gasteiger charge is -2.45. The van der Waals surface area contributed by atoms with Gasteiger partial charge in [-0.15, -0.1) is 0 Å². The Morgan fingerprint density at radius 3 is 1.83 bits per heavy atom. The summed E-state index contributed by atoms with van der Waals surface area (Å²) >= 11 is 0. The van der Waals surface area contributed by atoms with Crippen LogP contribution < -0.4 is 0 Å². The Labute approximate surface area is 130 Å². The molecule has 2 heterocycles. The highest BCUT2D eigenvalue weighted by atomic mass is 16.7. The van der Waals surface area contributed by atoms with E-state index in [2.05, 4.69) is 0 Å². The molecule has 11 nitrogen and oxygen atoms in total. The molecule has 0 aromatic rings. The average molecular weight is 342 g/mol. The van der Waals surface area contributed by atoms with Crippen molar-refractivity contribution in [3.05, 3.63) is 0 Å². The van der Waals surface area contributed by atoms with E-state index in [0.717, 1.165) is 0 Å². The average Bonchev–Trinajstić information content (AvgIpc) is 2.55. The molecule has 0 bridgehead atoms. The number of aliphatic hydroxyl groups excluding tert-OH is 8. The summed E-state index contributed by atoms with van der Waals surface area (Å²) in [5.74, 6) is 0. The van der Waals surface area contributed by atoms with Gasteiger partial charge < -0.3 is 55.1 Å². The second-order valence-electron chi connectivity index (χ2n) is 5.53. The van der Waals surface area contributed by atoms with Crippen LogP contribution in [-0.2, 0) is 14.2 Å². The Balaban J connectivity index is 2.11. The lowest BCUT2D eigenvalue weighted by molar-refractivity contribution is -0.355. The fraction of sp³-hybridized carbons (Fsp3) is 1.00. The largest absolute Gasteiger partial charge is 0.394 e. The molecular formula is C12H22O11. The molecule has 10 atom stereocenters. The first-order valence-corrected chi connectivity index (χ1v) is 7.08. The topological polar surface area (TPSA) is 190 Å². The second kappa shape index (κ2) is 7.63. The third-order valence-electron chi connectivity index (χ3n) is 3.98. The van der Waals surface area contributed by atoms with E-state index in [4.69, 9.17) is 19.3 Å². The molecule has 2 saturated heterocycles. The van der Waals surface area contributed by atoms with Crippen LogP contribution in [0.1, 0.15) is 0 Å². The highest BCUT2D eigenvalue weighted by Crippen LogP contribution is 2.28. The van der Waals surface area contributed by atoms with Crippen LogP contribution in [-0.4, -0.2) is 115 Å². The maximum Gasteiger partial charge on any atom is 0.187 e. The number of ether oxygens (including phenoxy) is 3. The first-order chi connectivity index (χ1) is 10.8. The zero-order valence-electron chi connectivity index (χ0n) is 12.0. The van der Waals surface area contributed by atoms with Crippen LogP contribution in [0.25, 0.3) is 0 Å². The van der Waals surface area contributed by atoms with Crippen LogP contribution in [0, 0.1) is 0 Å². The zero-order chi connectivity index (χ0) is 17.3. The van der Waals surface area contributed by atoms with Crippen LogP contribution in [0.5, 0.6) is 0 Å². The van der Waals surface area contributed by atoms with E-state index in [1.807, 2.05) is 0 Å². The van der Waals surface area contributed by atoms with Gasteiger partial charge in [0.1, 0.15) is 48.8 Å². The lowest BCUT2D eigenvalue weighted by Crippen LogP contribution is -2.64. The third kappa shape index (κ3) is 3.65. The van der Waals surface area contributed by atoms with E-state index in [0.29, 0.717) is 0 Å². The van der Waals surface area contributed by atoms with Crippen molar-refractivity contribution in [1.82, 2.24) is 0 Å². The van der Waals surface area contributed by atoms with Gasteiger partial charge in [-0.05, 0) is 0 Å². The lowest BCUT2D eigenvalue weighted by atomic mass is 9.97. The number of rotatable bonds is 4. The Kier molecular flexibility index (Phi) is 6.27. The maximum atomic E-state index is 9.94. The van der Waals surface area contributed by atoms with Gasteiger partial charge >= 0.3 is 0 Å². The predicted molar refractivity (Wildman–Crippen MR) is 68.6 cm³/mol. The van der Waals surface area contributed by atoms with Gasteiger partial charge in [-0.3, -0.25) is 0 Å². The van der Waals surface area contributed by atoms with Gasteiger partial charge in [-0.2, -0.15) is 0 Å². The minimum atomic E-state index is -1.74. The van der Waals surface area contributed by atoms with Crippen molar-refractivity contribution in [2.45, 2.75) is 61.4 Å². The SMILES string of the molecule is OC[C@@H]1O[C@@H](O[C@H]2[C@@H](O)[C@H](O)[C@H](O)O[C@H]2CO)[C@H](O)[C@H](O)[C@@H]1O. The van der Waals surface area contributed by atoms with E-state index in [1.54, 1.807) is 0 Å². The summed E-state index contributed by atoms with van der Waals surface area (Å²) in [5.41, 5.74) is 0. The molecule has 8 N–H and O–H groups in total. The molecule has 0 amide bonds. The number of hydrogen-bond acceptors (Lipinski definition) is 11. The third-order valence-corrected chi connectivity index (χ3v) is 3.98. The van der Waals surface area contributed by atoms with E-state index in [1.165, 1.54) is 0 Å². The van der Waals surface area contributed by atoms with Gasteiger partial charge in [0.15, 0.2) is 12.6 Å². The summed E-state index contributed by atoms with van der Waals surface area (Å²) in [6.07, 6.45) is -15.6. The van der Waals surface area contributed by atoms with Crippen molar-refractivity contribution in [2.24, 2.45) is 0 Å². The minimum Gasteiger partial charge on any atom is -0.394 e. The van der Waals surface area contributed by atoms with Crippen LogP contribution in [0.15, 0.2) is 0 Å². The van der Waals surface area contributed by atoms with E-state index >= 15 is 0 Å². The van der Waals surface area contributed by atoms with Crippen LogP contribution in [0.4, 0.5) is 0 Å². The van der Waals surface area contributed by atoms with Crippen LogP contribution in [0.3, 0.4) is 0 Å². The summed E-state index contributed by atoms with van der Waals surface area (Å²) in [6.45, 7) is -1.35. The van der Waals surface area contributed by atoms with Gasteiger partial charge in [0, 0.05) is 0 Å². The molecule has 0 spiro atoms. The molecule has 2 aliphatic heterocycles. The molecule has 0 aromatic carbocycles. The molecule has 0 aromatic heterocycles. The monoisotopic (exact) mass is 342 g/mol. The molecular weight excluding hydrogens is 320 g/mol. The first-order valence-electron chi connectivity index (χ1n) is 7.08. The number of aliphatic hydroxyl groups is 8. The molecule has 2 aliphatic rings. The van der Waals surface area contributed by atoms with Gasteiger partial charge in [-0.25, -0.2) is 0 Å². The fourth-order valence-corrected chi connectivity index (χ4v) is 2.57. The van der Waals surface area contributed by atoms with Gasteiger partial charge in [-0.1, -0.05) is 0 Å². The summed E-state index contributed by atoms with van der Waals surface area (Å²) in [5, 5.41) is 76.5.